The van der Waals surface area contributed by atoms with Crippen LogP contribution in [0.1, 0.15) is 28.8 Å². The molecule has 2 N–H and O–H groups in total. The summed E-state index contributed by atoms with van der Waals surface area (Å²) in [6.45, 7) is 3.84. The predicted molar refractivity (Wildman–Crippen MR) is 74.3 cm³/mol. The van der Waals surface area contributed by atoms with Crippen LogP contribution in [0.15, 0.2) is 18.2 Å². The average Bonchev–Trinajstić information content (AvgIpc) is 3.24. The van der Waals surface area contributed by atoms with E-state index in [9.17, 15) is 4.79 Å². The van der Waals surface area contributed by atoms with E-state index in [-0.39, 0.29) is 5.91 Å². The molecule has 1 aliphatic carbocycles. The van der Waals surface area contributed by atoms with Gasteiger partial charge in [0.15, 0.2) is 0 Å². The summed E-state index contributed by atoms with van der Waals surface area (Å²) in [5.74, 6) is 0.921. The number of anilines is 1. The number of fused-ring (bicyclic) bond motifs is 1. The zero-order chi connectivity index (χ0) is 12.8. The van der Waals surface area contributed by atoms with Crippen molar-refractivity contribution < 1.29 is 4.79 Å². The van der Waals surface area contributed by atoms with Gasteiger partial charge in [0.05, 0.1) is 0 Å². The van der Waals surface area contributed by atoms with E-state index in [1.807, 2.05) is 0 Å². The van der Waals surface area contributed by atoms with Crippen molar-refractivity contribution in [3.05, 3.63) is 29.3 Å². The van der Waals surface area contributed by atoms with Gasteiger partial charge in [0.2, 0.25) is 0 Å². The number of rotatable bonds is 2. The molecule has 3 aliphatic rings. The van der Waals surface area contributed by atoms with Crippen LogP contribution in [0.3, 0.4) is 0 Å². The number of piperazine rings is 1. The zero-order valence-electron chi connectivity index (χ0n) is 11.0. The van der Waals surface area contributed by atoms with Crippen LogP contribution in [0.25, 0.3) is 0 Å². The highest BCUT2D eigenvalue weighted by atomic mass is 16.1. The molecule has 19 heavy (non-hydrogen) atoms. The fraction of sp³-hybridized carbons (Fsp3) is 0.533. The summed E-state index contributed by atoms with van der Waals surface area (Å²) >= 11 is 0. The van der Waals surface area contributed by atoms with E-state index < -0.39 is 0 Å². The van der Waals surface area contributed by atoms with Crippen molar-refractivity contribution >= 4 is 11.6 Å². The maximum absolute atomic E-state index is 11.8. The highest BCUT2D eigenvalue weighted by molar-refractivity contribution is 5.99. The molecule has 1 saturated carbocycles. The molecule has 2 fully saturated rings. The molecule has 2 aliphatic heterocycles. The van der Waals surface area contributed by atoms with Gasteiger partial charge in [-0.05, 0) is 36.5 Å². The van der Waals surface area contributed by atoms with Crippen molar-refractivity contribution in [3.8, 4) is 0 Å². The highest BCUT2D eigenvalue weighted by Crippen LogP contribution is 2.38. The minimum Gasteiger partial charge on any atom is -0.366 e. The summed E-state index contributed by atoms with van der Waals surface area (Å²) in [5.41, 5.74) is 3.21. The molecule has 1 amide bonds. The minimum atomic E-state index is 0.0787. The normalized spacial score (nSPS) is 26.2. The molecular formula is C15H19N3O. The van der Waals surface area contributed by atoms with Crippen LogP contribution in [0.4, 0.5) is 5.69 Å². The van der Waals surface area contributed by atoms with Crippen molar-refractivity contribution in [2.75, 3.05) is 24.5 Å². The first-order valence-electron chi connectivity index (χ1n) is 7.21. The summed E-state index contributed by atoms with van der Waals surface area (Å²) in [4.78, 5) is 14.3. The third-order valence-electron chi connectivity index (χ3n) is 4.56. The van der Waals surface area contributed by atoms with E-state index in [0.29, 0.717) is 12.6 Å². The first kappa shape index (κ1) is 11.3. The second kappa shape index (κ2) is 4.23. The van der Waals surface area contributed by atoms with Gasteiger partial charge in [0.1, 0.15) is 0 Å². The van der Waals surface area contributed by atoms with E-state index in [0.717, 1.165) is 36.7 Å². The Morgan fingerprint density at radius 3 is 3.00 bits per heavy atom. The van der Waals surface area contributed by atoms with E-state index in [1.165, 1.54) is 18.5 Å². The molecule has 4 rings (SSSR count). The lowest BCUT2D eigenvalue weighted by molar-refractivity contribution is 0.0966. The fourth-order valence-corrected chi connectivity index (χ4v) is 3.33. The maximum Gasteiger partial charge on any atom is 0.251 e. The standard InChI is InChI=1S/C15H19N3O/c19-15-13-7-12(4-3-11(13)8-17-15)18-6-5-16-9-14(18)10-1-2-10/h3-4,7,10,14,16H,1-2,5-6,8-9H2,(H,17,19). The molecule has 0 aromatic heterocycles. The van der Waals surface area contributed by atoms with Crippen molar-refractivity contribution in [1.82, 2.24) is 10.6 Å². The second-order valence-corrected chi connectivity index (χ2v) is 5.83. The molecule has 1 unspecified atom stereocenters. The van der Waals surface area contributed by atoms with Gasteiger partial charge in [0, 0.05) is 43.5 Å². The molecule has 0 radical (unpaired) electrons. The predicted octanol–water partition coefficient (Wildman–Crippen LogP) is 1.12. The highest BCUT2D eigenvalue weighted by Gasteiger charge is 2.37. The lowest BCUT2D eigenvalue weighted by Crippen LogP contribution is -2.52. The number of nitrogens with zero attached hydrogens (tertiary/aromatic N) is 1. The van der Waals surface area contributed by atoms with Crippen LogP contribution in [0.2, 0.25) is 0 Å². The second-order valence-electron chi connectivity index (χ2n) is 5.83. The molecule has 1 atom stereocenters. The average molecular weight is 257 g/mol. The molecular weight excluding hydrogens is 238 g/mol. The number of nitrogens with one attached hydrogen (secondary N) is 2. The summed E-state index contributed by atoms with van der Waals surface area (Å²) < 4.78 is 0. The third kappa shape index (κ3) is 1.91. The number of carbonyl (C=O) groups excluding carboxylic acids is 1. The maximum atomic E-state index is 11.8. The Balaban J connectivity index is 1.67. The van der Waals surface area contributed by atoms with Gasteiger partial charge >= 0.3 is 0 Å². The van der Waals surface area contributed by atoms with Crippen molar-refractivity contribution in [2.24, 2.45) is 5.92 Å². The summed E-state index contributed by atoms with van der Waals surface area (Å²) in [5, 5.41) is 6.39. The van der Waals surface area contributed by atoms with Gasteiger partial charge in [-0.15, -0.1) is 0 Å². The Hall–Kier alpha value is -1.55. The number of carbonyl (C=O) groups is 1. The van der Waals surface area contributed by atoms with Crippen molar-refractivity contribution in [3.63, 3.8) is 0 Å². The summed E-state index contributed by atoms with van der Waals surface area (Å²) in [6, 6.07) is 6.98. The lowest BCUT2D eigenvalue weighted by Gasteiger charge is -2.38. The molecule has 0 bridgehead atoms. The number of amides is 1. The van der Waals surface area contributed by atoms with Gasteiger partial charge in [-0.1, -0.05) is 6.07 Å². The molecule has 1 saturated heterocycles. The third-order valence-corrected chi connectivity index (χ3v) is 4.56. The first-order chi connectivity index (χ1) is 9.33. The zero-order valence-corrected chi connectivity index (χ0v) is 11.0. The van der Waals surface area contributed by atoms with Crippen LogP contribution in [-0.2, 0) is 6.54 Å². The fourth-order valence-electron chi connectivity index (χ4n) is 3.33. The molecule has 100 valence electrons. The largest absolute Gasteiger partial charge is 0.366 e. The van der Waals surface area contributed by atoms with E-state index in [4.69, 9.17) is 0 Å². The minimum absolute atomic E-state index is 0.0787. The molecule has 1 aromatic rings. The smallest absolute Gasteiger partial charge is 0.251 e. The number of benzene rings is 1. The lowest BCUT2D eigenvalue weighted by atomic mass is 10.0. The molecule has 2 heterocycles. The first-order valence-corrected chi connectivity index (χ1v) is 7.21. The van der Waals surface area contributed by atoms with E-state index in [1.54, 1.807) is 0 Å². The van der Waals surface area contributed by atoms with E-state index >= 15 is 0 Å². The van der Waals surface area contributed by atoms with Crippen LogP contribution < -0.4 is 15.5 Å². The monoisotopic (exact) mass is 257 g/mol. The summed E-state index contributed by atoms with van der Waals surface area (Å²) in [7, 11) is 0. The molecule has 1 aromatic carbocycles. The Kier molecular flexibility index (Phi) is 2.52. The molecule has 4 nitrogen and oxygen atoms in total. The van der Waals surface area contributed by atoms with Gasteiger partial charge < -0.3 is 15.5 Å². The number of hydrogen-bond donors (Lipinski definition) is 2. The van der Waals surface area contributed by atoms with Crippen LogP contribution >= 0.6 is 0 Å². The quantitative estimate of drug-likeness (QED) is 0.834. The SMILES string of the molecule is O=C1NCc2ccc(N3CCNCC3C3CC3)cc21. The van der Waals surface area contributed by atoms with Gasteiger partial charge in [0.25, 0.3) is 5.91 Å². The topological polar surface area (TPSA) is 44.4 Å². The van der Waals surface area contributed by atoms with E-state index in [2.05, 4.69) is 33.7 Å². The van der Waals surface area contributed by atoms with Gasteiger partial charge in [-0.25, -0.2) is 0 Å². The Morgan fingerprint density at radius 2 is 2.16 bits per heavy atom. The van der Waals surface area contributed by atoms with Gasteiger partial charge in [-0.3, -0.25) is 4.79 Å². The van der Waals surface area contributed by atoms with Crippen molar-refractivity contribution in [2.45, 2.75) is 25.4 Å². The Bertz CT molecular complexity index is 524. The molecule has 0 spiro atoms. The Morgan fingerprint density at radius 1 is 1.26 bits per heavy atom. The van der Waals surface area contributed by atoms with Crippen LogP contribution in [-0.4, -0.2) is 31.6 Å². The van der Waals surface area contributed by atoms with Crippen molar-refractivity contribution in [1.29, 1.82) is 0 Å². The summed E-state index contributed by atoms with van der Waals surface area (Å²) in [6.07, 6.45) is 2.71. The Labute approximate surface area is 113 Å². The molecule has 4 heteroatoms. The van der Waals surface area contributed by atoms with Gasteiger partial charge in [-0.2, -0.15) is 0 Å². The van der Waals surface area contributed by atoms with Crippen LogP contribution in [0, 0.1) is 5.92 Å². The number of hydrogen-bond acceptors (Lipinski definition) is 3. The van der Waals surface area contributed by atoms with Crippen LogP contribution in [0.5, 0.6) is 0 Å².